The second kappa shape index (κ2) is 7.31. The molecule has 0 saturated heterocycles. The smallest absolute Gasteiger partial charge is 0.270 e. The summed E-state index contributed by atoms with van der Waals surface area (Å²) < 4.78 is 5.56. The number of rotatable bonds is 4. The number of carbonyl (C=O) groups is 2. The number of ether oxygens (including phenoxy) is 1. The molecule has 0 spiro atoms. The molecule has 24 heavy (non-hydrogen) atoms. The summed E-state index contributed by atoms with van der Waals surface area (Å²) in [6.07, 6.45) is 2.13. The normalized spacial score (nSPS) is 15.8. The number of nitrogens with zero attached hydrogens (tertiary/aromatic N) is 1. The Kier molecular flexibility index (Phi) is 4.96. The summed E-state index contributed by atoms with van der Waals surface area (Å²) in [4.78, 5) is 28.0. The van der Waals surface area contributed by atoms with Gasteiger partial charge in [-0.25, -0.2) is 0 Å². The molecule has 2 N–H and O–H groups in total. The number of halogens is 1. The Hall–Kier alpha value is -2.60. The van der Waals surface area contributed by atoms with Crippen LogP contribution in [-0.4, -0.2) is 29.9 Å². The molecule has 7 heteroatoms. The monoisotopic (exact) mass is 345 g/mol. The molecule has 124 valence electrons. The maximum atomic E-state index is 12.1. The van der Waals surface area contributed by atoms with E-state index in [0.29, 0.717) is 18.1 Å². The highest BCUT2D eigenvalue weighted by atomic mass is 35.5. The van der Waals surface area contributed by atoms with Crippen LogP contribution in [0.4, 0.5) is 0 Å². The summed E-state index contributed by atoms with van der Waals surface area (Å²) in [6.45, 7) is 0.410. The lowest BCUT2D eigenvalue weighted by atomic mass is 10.0. The van der Waals surface area contributed by atoms with Crippen molar-refractivity contribution >= 4 is 23.4 Å². The Morgan fingerprint density at radius 2 is 2.12 bits per heavy atom. The molecular weight excluding hydrogens is 330 g/mol. The van der Waals surface area contributed by atoms with E-state index in [1.807, 2.05) is 24.3 Å². The minimum atomic E-state index is -0.444. The summed E-state index contributed by atoms with van der Waals surface area (Å²) in [5.41, 5.74) is 1.12. The third kappa shape index (κ3) is 3.83. The van der Waals surface area contributed by atoms with Crippen LogP contribution >= 0.6 is 11.6 Å². The van der Waals surface area contributed by atoms with Gasteiger partial charge >= 0.3 is 0 Å². The van der Waals surface area contributed by atoms with Gasteiger partial charge in [-0.05, 0) is 18.2 Å². The number of pyridine rings is 1. The molecule has 3 rings (SSSR count). The van der Waals surface area contributed by atoms with Gasteiger partial charge in [0.15, 0.2) is 0 Å². The van der Waals surface area contributed by atoms with Gasteiger partial charge in [0.05, 0.1) is 19.2 Å². The lowest BCUT2D eigenvalue weighted by Crippen LogP contribution is -2.40. The van der Waals surface area contributed by atoms with Crippen LogP contribution < -0.4 is 15.4 Å². The van der Waals surface area contributed by atoms with Gasteiger partial charge in [-0.2, -0.15) is 0 Å². The molecule has 0 aliphatic carbocycles. The molecular formula is C17H16ClN3O3. The van der Waals surface area contributed by atoms with Gasteiger partial charge in [0.2, 0.25) is 5.91 Å². The minimum Gasteiger partial charge on any atom is -0.493 e. The first-order valence-electron chi connectivity index (χ1n) is 7.54. The summed E-state index contributed by atoms with van der Waals surface area (Å²) in [7, 11) is 0. The van der Waals surface area contributed by atoms with Gasteiger partial charge in [0, 0.05) is 23.2 Å². The highest BCUT2D eigenvalue weighted by molar-refractivity contribution is 6.30. The SMILES string of the molecule is O=C(CNC(=O)c1cc(Cl)ccn1)NC1CCOc2ccccc21. The van der Waals surface area contributed by atoms with Crippen molar-refractivity contribution in [3.63, 3.8) is 0 Å². The van der Waals surface area contributed by atoms with E-state index in [-0.39, 0.29) is 24.2 Å². The zero-order valence-electron chi connectivity index (χ0n) is 12.8. The van der Waals surface area contributed by atoms with Crippen molar-refractivity contribution in [1.29, 1.82) is 0 Å². The predicted molar refractivity (Wildman–Crippen MR) is 89.0 cm³/mol. The molecule has 0 bridgehead atoms. The van der Waals surface area contributed by atoms with Crippen molar-refractivity contribution < 1.29 is 14.3 Å². The molecule has 1 atom stereocenters. The zero-order valence-corrected chi connectivity index (χ0v) is 13.5. The number of para-hydroxylation sites is 1. The van der Waals surface area contributed by atoms with Gasteiger partial charge in [0.25, 0.3) is 5.91 Å². The number of carbonyl (C=O) groups excluding carboxylic acids is 2. The van der Waals surface area contributed by atoms with Crippen molar-refractivity contribution in [2.45, 2.75) is 12.5 Å². The van der Waals surface area contributed by atoms with Gasteiger partial charge in [-0.15, -0.1) is 0 Å². The van der Waals surface area contributed by atoms with Gasteiger partial charge in [-0.1, -0.05) is 29.8 Å². The summed E-state index contributed by atoms with van der Waals surface area (Å²) in [5.74, 6) is 0.0633. The molecule has 2 aromatic rings. The summed E-state index contributed by atoms with van der Waals surface area (Å²) in [5, 5.41) is 5.86. The van der Waals surface area contributed by atoms with Crippen LogP contribution in [0.5, 0.6) is 5.75 Å². The van der Waals surface area contributed by atoms with E-state index in [9.17, 15) is 9.59 Å². The maximum Gasteiger partial charge on any atom is 0.270 e. The molecule has 0 radical (unpaired) electrons. The van der Waals surface area contributed by atoms with Crippen molar-refractivity contribution in [2.75, 3.05) is 13.2 Å². The first kappa shape index (κ1) is 16.3. The van der Waals surface area contributed by atoms with E-state index in [4.69, 9.17) is 16.3 Å². The minimum absolute atomic E-state index is 0.122. The number of fused-ring (bicyclic) bond motifs is 1. The van der Waals surface area contributed by atoms with Crippen molar-refractivity contribution in [2.24, 2.45) is 0 Å². The Balaban J connectivity index is 1.56. The van der Waals surface area contributed by atoms with Crippen molar-refractivity contribution in [3.8, 4) is 5.75 Å². The maximum absolute atomic E-state index is 12.1. The number of nitrogens with one attached hydrogen (secondary N) is 2. The summed E-state index contributed by atoms with van der Waals surface area (Å²) >= 11 is 5.82. The predicted octanol–water partition coefficient (Wildman–Crippen LogP) is 2.10. The third-order valence-corrected chi connectivity index (χ3v) is 3.89. The molecule has 0 saturated carbocycles. The molecule has 1 aromatic heterocycles. The van der Waals surface area contributed by atoms with Crippen LogP contribution in [0.15, 0.2) is 42.6 Å². The van der Waals surface area contributed by atoms with Gasteiger partial charge in [0.1, 0.15) is 11.4 Å². The van der Waals surface area contributed by atoms with E-state index in [0.717, 1.165) is 11.3 Å². The first-order chi connectivity index (χ1) is 11.6. The van der Waals surface area contributed by atoms with Crippen molar-refractivity contribution in [3.05, 3.63) is 58.9 Å². The lowest BCUT2D eigenvalue weighted by Gasteiger charge is -2.26. The quantitative estimate of drug-likeness (QED) is 0.889. The zero-order chi connectivity index (χ0) is 16.9. The average Bonchev–Trinajstić information content (AvgIpc) is 2.60. The number of hydrogen-bond donors (Lipinski definition) is 2. The number of hydrogen-bond acceptors (Lipinski definition) is 4. The molecule has 2 amide bonds. The number of aromatic nitrogens is 1. The molecule has 1 aromatic carbocycles. The molecule has 1 aliphatic rings. The standard InChI is InChI=1S/C17H16ClN3O3/c18-11-5-7-19-14(9-11)17(23)20-10-16(22)21-13-6-8-24-15-4-2-1-3-12(13)15/h1-5,7,9,13H,6,8,10H2,(H,20,23)(H,21,22). The van der Waals surface area contributed by atoms with E-state index in [1.165, 1.54) is 12.3 Å². The number of benzene rings is 1. The Bertz CT molecular complexity index is 766. The molecule has 1 aliphatic heterocycles. The molecule has 0 fully saturated rings. The molecule has 6 nitrogen and oxygen atoms in total. The van der Waals surface area contributed by atoms with Crippen LogP contribution in [0.1, 0.15) is 28.5 Å². The number of amides is 2. The molecule has 2 heterocycles. The Morgan fingerprint density at radius 1 is 1.29 bits per heavy atom. The van der Waals surface area contributed by atoms with E-state index in [2.05, 4.69) is 15.6 Å². The second-order valence-electron chi connectivity index (χ2n) is 5.34. The van der Waals surface area contributed by atoms with Gasteiger partial charge in [-0.3, -0.25) is 14.6 Å². The van der Waals surface area contributed by atoms with Crippen LogP contribution in [0.3, 0.4) is 0 Å². The van der Waals surface area contributed by atoms with Crippen LogP contribution in [0, 0.1) is 0 Å². The fraction of sp³-hybridized carbons (Fsp3) is 0.235. The highest BCUT2D eigenvalue weighted by Crippen LogP contribution is 2.31. The Labute approximate surface area is 144 Å². The second-order valence-corrected chi connectivity index (χ2v) is 5.77. The largest absolute Gasteiger partial charge is 0.493 e. The average molecular weight is 346 g/mol. The van der Waals surface area contributed by atoms with Crippen LogP contribution in [-0.2, 0) is 4.79 Å². The highest BCUT2D eigenvalue weighted by Gasteiger charge is 2.22. The first-order valence-corrected chi connectivity index (χ1v) is 7.92. The fourth-order valence-corrected chi connectivity index (χ4v) is 2.68. The van der Waals surface area contributed by atoms with E-state index in [1.54, 1.807) is 6.07 Å². The molecule has 1 unspecified atom stereocenters. The van der Waals surface area contributed by atoms with Crippen LogP contribution in [0.25, 0.3) is 0 Å². The third-order valence-electron chi connectivity index (χ3n) is 3.66. The Morgan fingerprint density at radius 3 is 2.96 bits per heavy atom. The van der Waals surface area contributed by atoms with Crippen molar-refractivity contribution in [1.82, 2.24) is 15.6 Å². The van der Waals surface area contributed by atoms with E-state index < -0.39 is 5.91 Å². The summed E-state index contributed by atoms with van der Waals surface area (Å²) in [6, 6.07) is 10.5. The topological polar surface area (TPSA) is 80.3 Å². The van der Waals surface area contributed by atoms with Gasteiger partial charge < -0.3 is 15.4 Å². The fourth-order valence-electron chi connectivity index (χ4n) is 2.52. The lowest BCUT2D eigenvalue weighted by molar-refractivity contribution is -0.121. The van der Waals surface area contributed by atoms with E-state index >= 15 is 0 Å². The van der Waals surface area contributed by atoms with Crippen LogP contribution in [0.2, 0.25) is 5.02 Å².